The molecule has 2 aliphatic rings. The van der Waals surface area contributed by atoms with E-state index < -0.39 is 0 Å². The third kappa shape index (κ3) is 4.19. The second-order valence-electron chi connectivity index (χ2n) is 10.6. The first kappa shape index (κ1) is 22.2. The number of hydrogen-bond donors (Lipinski definition) is 1. The minimum Gasteiger partial charge on any atom is -0.345 e. The molecule has 2 heterocycles. The number of carbonyl (C=O) groups is 1. The summed E-state index contributed by atoms with van der Waals surface area (Å²) in [5.74, 6) is 3.04. The van der Waals surface area contributed by atoms with Crippen molar-refractivity contribution in [3.8, 4) is 0 Å². The number of carbonyl (C=O) groups excluding carboxylic acids is 1. The van der Waals surface area contributed by atoms with Crippen LogP contribution in [0.2, 0.25) is 0 Å². The zero-order valence-electron chi connectivity index (χ0n) is 20.3. The number of aromatic amines is 1. The van der Waals surface area contributed by atoms with Gasteiger partial charge < -0.3 is 9.88 Å². The summed E-state index contributed by atoms with van der Waals surface area (Å²) in [6.45, 7) is 0. The maximum absolute atomic E-state index is 14.0. The first-order valence-corrected chi connectivity index (χ1v) is 12.7. The van der Waals surface area contributed by atoms with Crippen LogP contribution in [0.4, 0.5) is 4.39 Å². The Morgan fingerprint density at radius 1 is 0.971 bits per heavy atom. The molecule has 180 valence electrons. The minimum atomic E-state index is -0.199. The fourth-order valence-corrected chi connectivity index (χ4v) is 6.15. The fraction of sp³-hybridized carbons (Fsp3) is 0.414. The van der Waals surface area contributed by atoms with Crippen LogP contribution < -0.4 is 0 Å². The molecule has 6 heteroatoms. The van der Waals surface area contributed by atoms with Gasteiger partial charge >= 0.3 is 0 Å². The van der Waals surface area contributed by atoms with Crippen molar-refractivity contribution < 1.29 is 9.18 Å². The molecule has 0 saturated heterocycles. The summed E-state index contributed by atoms with van der Waals surface area (Å²) in [6.07, 6.45) is 8.88. The summed E-state index contributed by atoms with van der Waals surface area (Å²) in [5.41, 5.74) is 4.66. The van der Waals surface area contributed by atoms with Gasteiger partial charge in [0.15, 0.2) is 0 Å². The van der Waals surface area contributed by atoms with Gasteiger partial charge in [-0.1, -0.05) is 0 Å². The summed E-state index contributed by atoms with van der Waals surface area (Å²) in [7, 11) is 3.55. The van der Waals surface area contributed by atoms with Gasteiger partial charge in [0.1, 0.15) is 11.6 Å². The molecule has 2 aliphatic carbocycles. The molecule has 0 radical (unpaired) electrons. The van der Waals surface area contributed by atoms with E-state index in [0.29, 0.717) is 29.2 Å². The number of halogens is 1. The molecule has 2 aromatic heterocycles. The molecule has 0 aliphatic heterocycles. The third-order valence-corrected chi connectivity index (χ3v) is 8.06. The first-order valence-electron chi connectivity index (χ1n) is 12.7. The Morgan fingerprint density at radius 3 is 2.40 bits per heavy atom. The van der Waals surface area contributed by atoms with Crippen molar-refractivity contribution in [2.45, 2.75) is 50.4 Å². The van der Waals surface area contributed by atoms with E-state index >= 15 is 0 Å². The molecule has 1 amide bonds. The Hall–Kier alpha value is -3.28. The standard InChI is InChI=1S/C29H31FN4O/c1-34(2)29(35)20-9-11-25-26(15-20)33-28(32-25)27(19-7-8-19)18-5-3-17(4-6-18)22-13-14-31-24-12-10-21(30)16-23(22)24/h9-19,27H,3-8H2,1-2H3,(H,32,33)/t17?,18?,27-/m0/s1. The molecule has 0 spiro atoms. The lowest BCUT2D eigenvalue weighted by Crippen LogP contribution is -2.22. The number of benzene rings is 2. The van der Waals surface area contributed by atoms with Gasteiger partial charge in [-0.15, -0.1) is 0 Å². The maximum Gasteiger partial charge on any atom is 0.253 e. The zero-order valence-corrected chi connectivity index (χ0v) is 20.3. The van der Waals surface area contributed by atoms with E-state index in [-0.39, 0.29) is 11.7 Å². The number of imidazole rings is 1. The van der Waals surface area contributed by atoms with Gasteiger partial charge in [0.25, 0.3) is 5.91 Å². The highest BCUT2D eigenvalue weighted by atomic mass is 19.1. The van der Waals surface area contributed by atoms with Crippen molar-refractivity contribution in [2.24, 2.45) is 11.8 Å². The normalized spacial score (nSPS) is 21.3. The van der Waals surface area contributed by atoms with Crippen LogP contribution in [0.25, 0.3) is 21.9 Å². The highest BCUT2D eigenvalue weighted by Gasteiger charge is 2.41. The Bertz CT molecular complexity index is 1400. The van der Waals surface area contributed by atoms with Gasteiger partial charge in [-0.05, 0) is 104 Å². The molecule has 2 aromatic carbocycles. The van der Waals surface area contributed by atoms with Crippen LogP contribution in [0, 0.1) is 17.7 Å². The lowest BCUT2D eigenvalue weighted by Gasteiger charge is -2.34. The monoisotopic (exact) mass is 470 g/mol. The molecule has 2 saturated carbocycles. The highest BCUT2D eigenvalue weighted by Crippen LogP contribution is 2.51. The maximum atomic E-state index is 14.0. The predicted molar refractivity (Wildman–Crippen MR) is 136 cm³/mol. The molecule has 0 bridgehead atoms. The van der Waals surface area contributed by atoms with Crippen molar-refractivity contribution in [1.82, 2.24) is 19.9 Å². The second kappa shape index (κ2) is 8.74. The van der Waals surface area contributed by atoms with Crippen LogP contribution in [-0.4, -0.2) is 39.9 Å². The number of H-pyrrole nitrogens is 1. The second-order valence-corrected chi connectivity index (χ2v) is 10.6. The van der Waals surface area contributed by atoms with E-state index in [0.717, 1.165) is 53.4 Å². The third-order valence-electron chi connectivity index (χ3n) is 8.06. The van der Waals surface area contributed by atoms with Crippen LogP contribution in [-0.2, 0) is 0 Å². The molecule has 2 fully saturated rings. The first-order chi connectivity index (χ1) is 17.0. The zero-order chi connectivity index (χ0) is 24.1. The molecule has 6 rings (SSSR count). The summed E-state index contributed by atoms with van der Waals surface area (Å²) < 4.78 is 14.0. The predicted octanol–water partition coefficient (Wildman–Crippen LogP) is 6.42. The van der Waals surface area contributed by atoms with E-state index in [4.69, 9.17) is 4.98 Å². The van der Waals surface area contributed by atoms with Gasteiger partial charge in [-0.25, -0.2) is 9.37 Å². The van der Waals surface area contributed by atoms with Gasteiger partial charge in [0.2, 0.25) is 0 Å². The minimum absolute atomic E-state index is 0.00336. The van der Waals surface area contributed by atoms with Crippen LogP contribution >= 0.6 is 0 Å². The van der Waals surface area contributed by atoms with Crippen molar-refractivity contribution in [1.29, 1.82) is 0 Å². The summed E-state index contributed by atoms with van der Waals surface area (Å²) in [6, 6.07) is 12.8. The number of aromatic nitrogens is 3. The quantitative estimate of drug-likeness (QED) is 0.366. The molecular weight excluding hydrogens is 439 g/mol. The summed E-state index contributed by atoms with van der Waals surface area (Å²) in [4.78, 5) is 27.0. The Kier molecular flexibility index (Phi) is 5.54. The van der Waals surface area contributed by atoms with Crippen molar-refractivity contribution in [3.05, 3.63) is 71.4 Å². The average molecular weight is 471 g/mol. The Balaban J connectivity index is 1.24. The number of amides is 1. The molecule has 0 unspecified atom stereocenters. The van der Waals surface area contributed by atoms with E-state index in [1.807, 2.05) is 24.4 Å². The topological polar surface area (TPSA) is 61.9 Å². The van der Waals surface area contributed by atoms with E-state index in [2.05, 4.69) is 16.0 Å². The highest BCUT2D eigenvalue weighted by molar-refractivity contribution is 5.97. The van der Waals surface area contributed by atoms with Crippen LogP contribution in [0.3, 0.4) is 0 Å². The van der Waals surface area contributed by atoms with Gasteiger partial charge in [-0.3, -0.25) is 9.78 Å². The van der Waals surface area contributed by atoms with Gasteiger partial charge in [0, 0.05) is 37.2 Å². The summed E-state index contributed by atoms with van der Waals surface area (Å²) >= 11 is 0. The van der Waals surface area contributed by atoms with Crippen LogP contribution in [0.5, 0.6) is 0 Å². The van der Waals surface area contributed by atoms with Gasteiger partial charge in [0.05, 0.1) is 16.6 Å². The largest absolute Gasteiger partial charge is 0.345 e. The number of nitrogens with one attached hydrogen (secondary N) is 1. The SMILES string of the molecule is CN(C)C(=O)c1ccc2nc([C@@H](C3CCC(c4ccnc5ccc(F)cc45)CC3)C3CC3)[nH]c2c1. The van der Waals surface area contributed by atoms with Gasteiger partial charge in [-0.2, -0.15) is 0 Å². The summed E-state index contributed by atoms with van der Waals surface area (Å²) in [5, 5.41) is 0.954. The molecule has 5 nitrogen and oxygen atoms in total. The van der Waals surface area contributed by atoms with Crippen molar-refractivity contribution in [3.63, 3.8) is 0 Å². The smallest absolute Gasteiger partial charge is 0.253 e. The molecule has 35 heavy (non-hydrogen) atoms. The molecule has 4 aromatic rings. The van der Waals surface area contributed by atoms with Crippen molar-refractivity contribution >= 4 is 27.8 Å². The van der Waals surface area contributed by atoms with E-state index in [1.165, 1.54) is 24.5 Å². The van der Waals surface area contributed by atoms with Crippen LogP contribution in [0.15, 0.2) is 48.7 Å². The number of hydrogen-bond acceptors (Lipinski definition) is 3. The number of nitrogens with zero attached hydrogens (tertiary/aromatic N) is 3. The number of pyridine rings is 1. The lowest BCUT2D eigenvalue weighted by atomic mass is 9.72. The Morgan fingerprint density at radius 2 is 1.69 bits per heavy atom. The van der Waals surface area contributed by atoms with Crippen molar-refractivity contribution in [2.75, 3.05) is 14.1 Å². The number of rotatable bonds is 5. The Labute approximate surface area is 204 Å². The molecular formula is C29H31FN4O. The number of fused-ring (bicyclic) bond motifs is 2. The fourth-order valence-electron chi connectivity index (χ4n) is 6.15. The molecule has 1 N–H and O–H groups in total. The van der Waals surface area contributed by atoms with Crippen LogP contribution in [0.1, 0.15) is 72.1 Å². The molecule has 1 atom stereocenters. The van der Waals surface area contributed by atoms with E-state index in [9.17, 15) is 9.18 Å². The van der Waals surface area contributed by atoms with E-state index in [1.54, 1.807) is 31.1 Å². The lowest BCUT2D eigenvalue weighted by molar-refractivity contribution is 0.0827. The average Bonchev–Trinajstić information content (AvgIpc) is 3.61.